The van der Waals surface area contributed by atoms with Crippen molar-refractivity contribution in [2.75, 3.05) is 0 Å². The number of rotatable bonds is 8. The Bertz CT molecular complexity index is 1250. The van der Waals surface area contributed by atoms with Gasteiger partial charge in [0.1, 0.15) is 0 Å². The first-order chi connectivity index (χ1) is 17.2. The van der Waals surface area contributed by atoms with Crippen molar-refractivity contribution in [3.8, 4) is 11.5 Å². The third-order valence-corrected chi connectivity index (χ3v) is 20.7. The van der Waals surface area contributed by atoms with Gasteiger partial charge >= 0.3 is 225 Å². The zero-order valence-corrected chi connectivity index (χ0v) is 26.5. The van der Waals surface area contributed by atoms with Crippen LogP contribution in [0.2, 0.25) is 39.3 Å². The molecule has 0 amide bonds. The van der Waals surface area contributed by atoms with Crippen molar-refractivity contribution in [2.24, 2.45) is 0 Å². The zero-order valence-electron chi connectivity index (χ0n) is 22.0. The van der Waals surface area contributed by atoms with Crippen LogP contribution in [0.5, 0.6) is 11.5 Å². The van der Waals surface area contributed by atoms with Crippen LogP contribution in [-0.4, -0.2) is 16.1 Å². The SMILES string of the molecule is C[Si](C)(C)C1=[C]([Zr]([O]c2ccc(F)cc2F)([O]c2ccc(F)cc2F)[C]2=C([Si](C)(C)C)C=CC2)CC=C1. The van der Waals surface area contributed by atoms with Gasteiger partial charge in [0.2, 0.25) is 0 Å². The molecule has 0 unspecified atom stereocenters. The average Bonchev–Trinajstić information content (AvgIpc) is 3.47. The predicted octanol–water partition coefficient (Wildman–Crippen LogP) is 8.87. The summed E-state index contributed by atoms with van der Waals surface area (Å²) in [5.74, 6) is -3.36. The average molecular weight is 624 g/mol. The van der Waals surface area contributed by atoms with E-state index in [0.717, 1.165) is 41.2 Å². The normalized spacial score (nSPS) is 16.3. The Morgan fingerprint density at radius 3 is 1.32 bits per heavy atom. The van der Waals surface area contributed by atoms with E-state index in [9.17, 15) is 8.78 Å². The van der Waals surface area contributed by atoms with E-state index >= 15 is 8.78 Å². The standard InChI is InChI=1S/2C8H13Si.2C6H4F2O.Zr/c2*1-9(2,3)8-6-4-5-7-8;2*7-4-1-2-6(9)5(8)3-4;/h2*4,6H,5H2,1-3H3;2*1-3,9H;/q;;;;+2/p-2. The van der Waals surface area contributed by atoms with Gasteiger partial charge in [-0.3, -0.25) is 0 Å². The van der Waals surface area contributed by atoms with Crippen molar-refractivity contribution >= 4 is 16.1 Å². The van der Waals surface area contributed by atoms with Gasteiger partial charge in [-0.25, -0.2) is 0 Å². The molecule has 0 saturated heterocycles. The molecule has 9 heteroatoms. The second-order valence-corrected chi connectivity index (χ2v) is 28.5. The zero-order chi connectivity index (χ0) is 27.2. The molecule has 0 saturated carbocycles. The number of benzene rings is 2. The maximum absolute atomic E-state index is 15.1. The summed E-state index contributed by atoms with van der Waals surface area (Å²) >= 11 is -4.98. The minimum absolute atomic E-state index is 0.122. The van der Waals surface area contributed by atoms with E-state index in [4.69, 9.17) is 5.63 Å². The molecule has 2 aliphatic carbocycles. The van der Waals surface area contributed by atoms with Crippen molar-refractivity contribution < 1.29 is 44.3 Å². The van der Waals surface area contributed by atoms with Gasteiger partial charge in [0, 0.05) is 0 Å². The second-order valence-electron chi connectivity index (χ2n) is 11.5. The number of hydrogen-bond donors (Lipinski definition) is 0. The van der Waals surface area contributed by atoms with Gasteiger partial charge in [0.25, 0.3) is 0 Å². The van der Waals surface area contributed by atoms with E-state index < -0.39 is 60.6 Å². The molecule has 2 nitrogen and oxygen atoms in total. The molecule has 0 fully saturated rings. The van der Waals surface area contributed by atoms with Crippen LogP contribution in [0.3, 0.4) is 0 Å². The van der Waals surface area contributed by atoms with Gasteiger partial charge in [-0.05, 0) is 0 Å². The van der Waals surface area contributed by atoms with Crippen LogP contribution >= 0.6 is 0 Å². The molecule has 196 valence electrons. The summed E-state index contributed by atoms with van der Waals surface area (Å²) in [5.41, 5.74) is 0. The van der Waals surface area contributed by atoms with Gasteiger partial charge in [-0.2, -0.15) is 0 Å². The molecule has 0 radical (unpaired) electrons. The predicted molar refractivity (Wildman–Crippen MR) is 142 cm³/mol. The fourth-order valence-corrected chi connectivity index (χ4v) is 24.2. The summed E-state index contributed by atoms with van der Waals surface area (Å²) in [6, 6.07) is 6.41. The van der Waals surface area contributed by atoms with Crippen LogP contribution in [0.4, 0.5) is 17.6 Å². The first kappa shape index (κ1) is 28.1. The van der Waals surface area contributed by atoms with Gasteiger partial charge < -0.3 is 0 Å². The second kappa shape index (κ2) is 10.3. The molecule has 0 atom stereocenters. The molecule has 2 aromatic carbocycles. The van der Waals surface area contributed by atoms with E-state index in [1.54, 1.807) is 0 Å². The first-order valence-corrected chi connectivity index (χ1v) is 23.8. The van der Waals surface area contributed by atoms with Crippen molar-refractivity contribution in [1.82, 2.24) is 0 Å². The quantitative estimate of drug-likeness (QED) is 0.216. The Balaban J connectivity index is 2.07. The molecular formula is C28H32F4O2Si2Zr. The first-order valence-electron chi connectivity index (χ1n) is 12.3. The Morgan fingerprint density at radius 1 is 0.622 bits per heavy atom. The van der Waals surface area contributed by atoms with E-state index in [2.05, 4.69) is 63.6 Å². The summed E-state index contributed by atoms with van der Waals surface area (Å²) in [4.78, 5) is 0. The molecule has 0 bridgehead atoms. The van der Waals surface area contributed by atoms with Gasteiger partial charge in [-0.15, -0.1) is 0 Å². The summed E-state index contributed by atoms with van der Waals surface area (Å²) in [7, 11) is -3.90. The van der Waals surface area contributed by atoms with Crippen LogP contribution < -0.4 is 5.63 Å². The summed E-state index contributed by atoms with van der Waals surface area (Å²) in [5, 5.41) is 2.28. The van der Waals surface area contributed by atoms with E-state index in [0.29, 0.717) is 12.8 Å². The molecule has 0 heterocycles. The molecule has 0 aliphatic heterocycles. The number of hydrogen-bond acceptors (Lipinski definition) is 2. The molecule has 0 spiro atoms. The molecule has 0 N–H and O–H groups in total. The van der Waals surface area contributed by atoms with Crippen LogP contribution in [0, 0.1) is 23.3 Å². The number of halogens is 4. The fourth-order valence-electron chi connectivity index (χ4n) is 4.91. The van der Waals surface area contributed by atoms with Gasteiger partial charge in [0.15, 0.2) is 0 Å². The van der Waals surface area contributed by atoms with Crippen molar-refractivity contribution in [2.45, 2.75) is 52.1 Å². The fraction of sp³-hybridized carbons (Fsp3) is 0.286. The van der Waals surface area contributed by atoms with Crippen LogP contribution in [0.1, 0.15) is 12.8 Å². The third-order valence-electron chi connectivity index (χ3n) is 6.57. The van der Waals surface area contributed by atoms with Crippen molar-refractivity contribution in [3.63, 3.8) is 0 Å². The van der Waals surface area contributed by atoms with E-state index in [1.807, 2.05) is 0 Å². The minimum atomic E-state index is -4.98. The van der Waals surface area contributed by atoms with E-state index in [1.165, 1.54) is 12.1 Å². The summed E-state index contributed by atoms with van der Waals surface area (Å²) in [6.45, 7) is 13.3. The van der Waals surface area contributed by atoms with Crippen molar-refractivity contribution in [1.29, 1.82) is 0 Å². The summed E-state index contributed by atoms with van der Waals surface area (Å²) in [6.07, 6.45) is 9.40. The topological polar surface area (TPSA) is 18.5 Å². The number of allylic oxidation sites excluding steroid dienone is 8. The Hall–Kier alpha value is -1.96. The van der Waals surface area contributed by atoms with Gasteiger partial charge in [0.05, 0.1) is 0 Å². The van der Waals surface area contributed by atoms with Crippen molar-refractivity contribution in [3.05, 3.63) is 101 Å². The van der Waals surface area contributed by atoms with Crippen LogP contribution in [0.25, 0.3) is 0 Å². The third kappa shape index (κ3) is 5.74. The van der Waals surface area contributed by atoms with E-state index in [-0.39, 0.29) is 11.5 Å². The van der Waals surface area contributed by atoms with Crippen LogP contribution in [0.15, 0.2) is 77.7 Å². The Labute approximate surface area is 224 Å². The van der Waals surface area contributed by atoms with Gasteiger partial charge in [-0.1, -0.05) is 0 Å². The molecule has 2 aromatic rings. The molecule has 4 rings (SSSR count). The monoisotopic (exact) mass is 622 g/mol. The Morgan fingerprint density at radius 2 is 1.00 bits per heavy atom. The molecule has 37 heavy (non-hydrogen) atoms. The molecular weight excluding hydrogens is 592 g/mol. The van der Waals surface area contributed by atoms with Crippen LogP contribution in [-0.2, 0) is 21.1 Å². The summed E-state index contributed by atoms with van der Waals surface area (Å²) < 4.78 is 73.3. The molecule has 2 aliphatic rings. The Kier molecular flexibility index (Phi) is 7.81. The molecule has 0 aromatic heterocycles. The maximum atomic E-state index is 15.1.